The van der Waals surface area contributed by atoms with Crippen LogP contribution in [0.15, 0.2) is 0 Å². The monoisotopic (exact) mass is 187 g/mol. The van der Waals surface area contributed by atoms with Gasteiger partial charge in [-0.2, -0.15) is 0 Å². The maximum atomic E-state index is 8.68. The molecule has 0 heterocycles. The molecule has 2 nitrogen and oxygen atoms in total. The van der Waals surface area contributed by atoms with Crippen LogP contribution in [0.25, 0.3) is 0 Å². The van der Waals surface area contributed by atoms with Crippen LogP contribution in [0.1, 0.15) is 52.9 Å². The lowest BCUT2D eigenvalue weighted by Crippen LogP contribution is -2.36. The second-order valence-electron chi connectivity index (χ2n) is 3.83. The number of hydrogen-bond acceptors (Lipinski definition) is 2. The summed E-state index contributed by atoms with van der Waals surface area (Å²) in [7, 11) is 0. The third-order valence-corrected chi connectivity index (χ3v) is 2.45. The first kappa shape index (κ1) is 12.9. The van der Waals surface area contributed by atoms with E-state index in [2.05, 4.69) is 26.1 Å². The van der Waals surface area contributed by atoms with Crippen LogP contribution >= 0.6 is 0 Å². The molecule has 0 aromatic heterocycles. The molecule has 13 heavy (non-hydrogen) atoms. The summed E-state index contributed by atoms with van der Waals surface area (Å²) >= 11 is 0. The normalized spacial score (nSPS) is 15.7. The Hall–Kier alpha value is -0.0800. The Labute approximate surface area is 82.7 Å². The van der Waals surface area contributed by atoms with Crippen molar-refractivity contribution < 1.29 is 5.11 Å². The Balaban J connectivity index is 3.53. The van der Waals surface area contributed by atoms with Gasteiger partial charge in [0.25, 0.3) is 0 Å². The molecule has 0 bridgehead atoms. The molecule has 0 amide bonds. The minimum Gasteiger partial charge on any atom is -0.396 e. The van der Waals surface area contributed by atoms with E-state index in [4.69, 9.17) is 5.11 Å². The van der Waals surface area contributed by atoms with Gasteiger partial charge >= 0.3 is 0 Å². The van der Waals surface area contributed by atoms with Gasteiger partial charge in [-0.15, -0.1) is 0 Å². The van der Waals surface area contributed by atoms with Crippen LogP contribution in [0.4, 0.5) is 0 Å². The standard InChI is InChI=1S/C11H25NO/c1-4-7-11(5-2)12-10(3)8-6-9-13/h10-13H,4-9H2,1-3H3. The van der Waals surface area contributed by atoms with Gasteiger partial charge in [0.1, 0.15) is 0 Å². The van der Waals surface area contributed by atoms with E-state index in [0.717, 1.165) is 12.8 Å². The van der Waals surface area contributed by atoms with Crippen molar-refractivity contribution in [2.45, 2.75) is 65.0 Å². The van der Waals surface area contributed by atoms with Gasteiger partial charge in [-0.3, -0.25) is 0 Å². The van der Waals surface area contributed by atoms with Gasteiger partial charge in [-0.1, -0.05) is 20.3 Å². The molecule has 0 spiro atoms. The predicted octanol–water partition coefficient (Wildman–Crippen LogP) is 2.32. The molecule has 0 aromatic rings. The van der Waals surface area contributed by atoms with Crippen molar-refractivity contribution in [1.82, 2.24) is 5.32 Å². The summed E-state index contributed by atoms with van der Waals surface area (Å²) in [6.45, 7) is 6.97. The Morgan fingerprint density at radius 1 is 1.23 bits per heavy atom. The van der Waals surface area contributed by atoms with Crippen molar-refractivity contribution in [3.63, 3.8) is 0 Å². The minimum absolute atomic E-state index is 0.316. The molecule has 0 radical (unpaired) electrons. The molecule has 2 atom stereocenters. The minimum atomic E-state index is 0.316. The summed E-state index contributed by atoms with van der Waals surface area (Å²) in [6, 6.07) is 1.21. The van der Waals surface area contributed by atoms with E-state index in [9.17, 15) is 0 Å². The van der Waals surface area contributed by atoms with Crippen molar-refractivity contribution in [3.8, 4) is 0 Å². The van der Waals surface area contributed by atoms with Gasteiger partial charge in [-0.25, -0.2) is 0 Å². The zero-order chi connectivity index (χ0) is 10.1. The third kappa shape index (κ3) is 7.03. The zero-order valence-electron chi connectivity index (χ0n) is 9.34. The Morgan fingerprint density at radius 3 is 2.38 bits per heavy atom. The van der Waals surface area contributed by atoms with Crippen molar-refractivity contribution in [1.29, 1.82) is 0 Å². The summed E-state index contributed by atoms with van der Waals surface area (Å²) in [5, 5.41) is 12.3. The van der Waals surface area contributed by atoms with Gasteiger partial charge in [0.05, 0.1) is 0 Å². The van der Waals surface area contributed by atoms with Gasteiger partial charge in [0.2, 0.25) is 0 Å². The number of rotatable bonds is 8. The molecule has 0 aliphatic rings. The predicted molar refractivity (Wildman–Crippen MR) is 57.9 cm³/mol. The quantitative estimate of drug-likeness (QED) is 0.611. The first-order chi connectivity index (χ1) is 6.24. The molecular formula is C11H25NO. The molecule has 2 unspecified atom stereocenters. The van der Waals surface area contributed by atoms with Crippen molar-refractivity contribution in [3.05, 3.63) is 0 Å². The van der Waals surface area contributed by atoms with Crippen molar-refractivity contribution in [2.75, 3.05) is 6.61 Å². The molecule has 0 fully saturated rings. The van der Waals surface area contributed by atoms with Crippen LogP contribution in [0.5, 0.6) is 0 Å². The van der Waals surface area contributed by atoms with Gasteiger partial charge in [-0.05, 0) is 32.6 Å². The Bertz CT molecular complexity index is 106. The van der Waals surface area contributed by atoms with Gasteiger partial charge in [0, 0.05) is 18.7 Å². The lowest BCUT2D eigenvalue weighted by Gasteiger charge is -2.21. The highest BCUT2D eigenvalue weighted by Gasteiger charge is 2.08. The Kier molecular flexibility index (Phi) is 8.46. The molecule has 80 valence electrons. The fourth-order valence-electron chi connectivity index (χ4n) is 1.64. The van der Waals surface area contributed by atoms with Crippen molar-refractivity contribution >= 4 is 0 Å². The van der Waals surface area contributed by atoms with Crippen LogP contribution in [0.3, 0.4) is 0 Å². The summed E-state index contributed by atoms with van der Waals surface area (Å²) < 4.78 is 0. The number of aliphatic hydroxyl groups excluding tert-OH is 1. The summed E-state index contributed by atoms with van der Waals surface area (Å²) in [4.78, 5) is 0. The van der Waals surface area contributed by atoms with Crippen LogP contribution in [0.2, 0.25) is 0 Å². The lowest BCUT2D eigenvalue weighted by molar-refractivity contribution is 0.272. The summed E-state index contributed by atoms with van der Waals surface area (Å²) in [5.41, 5.74) is 0. The van der Waals surface area contributed by atoms with Crippen LogP contribution < -0.4 is 5.32 Å². The van der Waals surface area contributed by atoms with Crippen LogP contribution in [-0.2, 0) is 0 Å². The maximum absolute atomic E-state index is 8.68. The van der Waals surface area contributed by atoms with E-state index in [1.165, 1.54) is 19.3 Å². The average molecular weight is 187 g/mol. The van der Waals surface area contributed by atoms with Crippen LogP contribution in [-0.4, -0.2) is 23.8 Å². The largest absolute Gasteiger partial charge is 0.396 e. The molecule has 0 saturated heterocycles. The topological polar surface area (TPSA) is 32.3 Å². The number of hydrogen-bond donors (Lipinski definition) is 2. The Morgan fingerprint density at radius 2 is 1.92 bits per heavy atom. The first-order valence-electron chi connectivity index (χ1n) is 5.61. The SMILES string of the molecule is CCCC(CC)NC(C)CCCO. The highest BCUT2D eigenvalue weighted by atomic mass is 16.2. The fraction of sp³-hybridized carbons (Fsp3) is 1.00. The molecule has 0 aliphatic heterocycles. The van der Waals surface area contributed by atoms with E-state index in [1.54, 1.807) is 0 Å². The number of nitrogens with one attached hydrogen (secondary N) is 1. The molecule has 2 heteroatoms. The first-order valence-corrected chi connectivity index (χ1v) is 5.61. The number of aliphatic hydroxyl groups is 1. The second kappa shape index (κ2) is 8.52. The van der Waals surface area contributed by atoms with Gasteiger partial charge < -0.3 is 10.4 Å². The summed E-state index contributed by atoms with van der Waals surface area (Å²) in [6.07, 6.45) is 5.71. The molecule has 0 rings (SSSR count). The average Bonchev–Trinajstić information content (AvgIpc) is 2.14. The maximum Gasteiger partial charge on any atom is 0.0431 e. The highest BCUT2D eigenvalue weighted by Crippen LogP contribution is 2.04. The second-order valence-corrected chi connectivity index (χ2v) is 3.83. The van der Waals surface area contributed by atoms with E-state index in [1.807, 2.05) is 0 Å². The van der Waals surface area contributed by atoms with E-state index in [0.29, 0.717) is 18.7 Å². The molecule has 0 saturated carbocycles. The molecule has 0 aromatic carbocycles. The zero-order valence-corrected chi connectivity index (χ0v) is 9.34. The molecule has 0 aliphatic carbocycles. The third-order valence-electron chi connectivity index (χ3n) is 2.45. The smallest absolute Gasteiger partial charge is 0.0431 e. The van der Waals surface area contributed by atoms with Crippen molar-refractivity contribution in [2.24, 2.45) is 0 Å². The summed E-state index contributed by atoms with van der Waals surface area (Å²) in [5.74, 6) is 0. The van der Waals surface area contributed by atoms with Crippen LogP contribution in [0, 0.1) is 0 Å². The van der Waals surface area contributed by atoms with E-state index < -0.39 is 0 Å². The lowest BCUT2D eigenvalue weighted by atomic mass is 10.1. The highest BCUT2D eigenvalue weighted by molar-refractivity contribution is 4.69. The molecule has 2 N–H and O–H groups in total. The molecular weight excluding hydrogens is 162 g/mol. The van der Waals surface area contributed by atoms with Gasteiger partial charge in [0.15, 0.2) is 0 Å². The fourth-order valence-corrected chi connectivity index (χ4v) is 1.64. The van der Waals surface area contributed by atoms with E-state index >= 15 is 0 Å². The van der Waals surface area contributed by atoms with E-state index in [-0.39, 0.29) is 0 Å².